The van der Waals surface area contributed by atoms with E-state index < -0.39 is 6.10 Å². The molecule has 3 nitrogen and oxygen atoms in total. The molecule has 0 heterocycles. The van der Waals surface area contributed by atoms with Crippen LogP contribution >= 0.6 is 11.6 Å². The average Bonchev–Trinajstić information content (AvgIpc) is 2.37. The summed E-state index contributed by atoms with van der Waals surface area (Å²) in [5.41, 5.74) is 0.974. The lowest BCUT2D eigenvalue weighted by atomic mass is 10.1. The summed E-state index contributed by atoms with van der Waals surface area (Å²) >= 11 is 5.95. The Morgan fingerprint density at radius 1 is 1.30 bits per heavy atom. The number of aliphatic hydroxyl groups excluding tert-OH is 1. The summed E-state index contributed by atoms with van der Waals surface area (Å²) in [5, 5.41) is 13.9. The first-order chi connectivity index (χ1) is 9.38. The third kappa shape index (κ3) is 6.60. The number of hydrogen-bond donors (Lipinski definition) is 2. The number of aliphatic hydroxyl groups is 1. The standard InChI is InChI=1S/C16H26ClNO2/c1-11(2)7-13(4)18-9-14(19)10-20-15-5-6-16(17)12(3)8-15/h5-6,8,11,13-14,18-19H,7,9-10H2,1-4H3. The van der Waals surface area contributed by atoms with Crippen LogP contribution in [0, 0.1) is 12.8 Å². The van der Waals surface area contributed by atoms with Crippen LogP contribution < -0.4 is 10.1 Å². The van der Waals surface area contributed by atoms with Crippen LogP contribution in [0.1, 0.15) is 32.8 Å². The van der Waals surface area contributed by atoms with Gasteiger partial charge in [0.2, 0.25) is 0 Å². The second-order valence-corrected chi connectivity index (χ2v) is 6.22. The van der Waals surface area contributed by atoms with Crippen LogP contribution in [-0.2, 0) is 0 Å². The summed E-state index contributed by atoms with van der Waals surface area (Å²) in [7, 11) is 0. The van der Waals surface area contributed by atoms with E-state index in [-0.39, 0.29) is 6.61 Å². The molecule has 2 N–H and O–H groups in total. The van der Waals surface area contributed by atoms with Gasteiger partial charge in [-0.3, -0.25) is 0 Å². The van der Waals surface area contributed by atoms with E-state index in [9.17, 15) is 5.11 Å². The maximum atomic E-state index is 9.90. The molecule has 2 atom stereocenters. The van der Waals surface area contributed by atoms with Gasteiger partial charge < -0.3 is 15.2 Å². The molecule has 0 aliphatic carbocycles. The topological polar surface area (TPSA) is 41.5 Å². The normalized spacial score (nSPS) is 14.3. The largest absolute Gasteiger partial charge is 0.491 e. The first-order valence-electron chi connectivity index (χ1n) is 7.19. The van der Waals surface area contributed by atoms with Gasteiger partial charge in [0.05, 0.1) is 0 Å². The van der Waals surface area contributed by atoms with Crippen molar-refractivity contribution in [3.05, 3.63) is 28.8 Å². The van der Waals surface area contributed by atoms with E-state index in [2.05, 4.69) is 26.1 Å². The Morgan fingerprint density at radius 3 is 2.60 bits per heavy atom. The molecular formula is C16H26ClNO2. The third-order valence-electron chi connectivity index (χ3n) is 3.10. The zero-order valence-electron chi connectivity index (χ0n) is 12.8. The van der Waals surface area contributed by atoms with Crippen molar-refractivity contribution in [2.45, 2.75) is 46.3 Å². The van der Waals surface area contributed by atoms with Crippen LogP contribution in [0.3, 0.4) is 0 Å². The summed E-state index contributed by atoms with van der Waals surface area (Å²) in [5.74, 6) is 1.39. The highest BCUT2D eigenvalue weighted by Gasteiger charge is 2.09. The Kier molecular flexibility index (Phi) is 7.35. The first-order valence-corrected chi connectivity index (χ1v) is 7.56. The number of nitrogens with one attached hydrogen (secondary N) is 1. The van der Waals surface area contributed by atoms with Gasteiger partial charge in [-0.2, -0.15) is 0 Å². The lowest BCUT2D eigenvalue weighted by molar-refractivity contribution is 0.103. The maximum Gasteiger partial charge on any atom is 0.119 e. The summed E-state index contributed by atoms with van der Waals surface area (Å²) in [4.78, 5) is 0. The van der Waals surface area contributed by atoms with Gasteiger partial charge in [0.25, 0.3) is 0 Å². The van der Waals surface area contributed by atoms with Gasteiger partial charge >= 0.3 is 0 Å². The summed E-state index contributed by atoms with van der Waals surface area (Å²) in [6.07, 6.45) is 0.588. The quantitative estimate of drug-likeness (QED) is 0.773. The van der Waals surface area contributed by atoms with Gasteiger partial charge in [0.15, 0.2) is 0 Å². The van der Waals surface area contributed by atoms with Crippen molar-refractivity contribution in [1.82, 2.24) is 5.32 Å². The zero-order valence-corrected chi connectivity index (χ0v) is 13.6. The molecule has 2 unspecified atom stereocenters. The summed E-state index contributed by atoms with van der Waals surface area (Å²) < 4.78 is 5.57. The van der Waals surface area contributed by atoms with Gasteiger partial charge in [-0.25, -0.2) is 0 Å². The van der Waals surface area contributed by atoms with E-state index in [1.165, 1.54) is 0 Å². The van der Waals surface area contributed by atoms with E-state index in [1.54, 1.807) is 0 Å². The third-order valence-corrected chi connectivity index (χ3v) is 3.52. The second-order valence-electron chi connectivity index (χ2n) is 5.81. The highest BCUT2D eigenvalue weighted by atomic mass is 35.5. The number of ether oxygens (including phenoxy) is 1. The van der Waals surface area contributed by atoms with Crippen molar-refractivity contribution in [1.29, 1.82) is 0 Å². The fourth-order valence-corrected chi connectivity index (χ4v) is 2.20. The van der Waals surface area contributed by atoms with E-state index in [4.69, 9.17) is 16.3 Å². The Labute approximate surface area is 127 Å². The Balaban J connectivity index is 2.28. The lowest BCUT2D eigenvalue weighted by Crippen LogP contribution is -2.37. The van der Waals surface area contributed by atoms with E-state index in [0.717, 1.165) is 22.8 Å². The minimum absolute atomic E-state index is 0.280. The average molecular weight is 300 g/mol. The van der Waals surface area contributed by atoms with E-state index in [1.807, 2.05) is 25.1 Å². The molecule has 0 bridgehead atoms. The SMILES string of the molecule is Cc1cc(OCC(O)CNC(C)CC(C)C)ccc1Cl. The van der Waals surface area contributed by atoms with E-state index in [0.29, 0.717) is 18.5 Å². The van der Waals surface area contributed by atoms with Crippen LogP contribution in [0.4, 0.5) is 0 Å². The highest BCUT2D eigenvalue weighted by molar-refractivity contribution is 6.31. The molecule has 0 radical (unpaired) electrons. The van der Waals surface area contributed by atoms with Crippen LogP contribution in [0.5, 0.6) is 5.75 Å². The number of aryl methyl sites for hydroxylation is 1. The molecule has 0 saturated heterocycles. The molecule has 0 spiro atoms. The van der Waals surface area contributed by atoms with Crippen molar-refractivity contribution in [2.75, 3.05) is 13.2 Å². The van der Waals surface area contributed by atoms with Crippen molar-refractivity contribution in [3.63, 3.8) is 0 Å². The summed E-state index contributed by atoms with van der Waals surface area (Å²) in [6, 6.07) is 5.91. The van der Waals surface area contributed by atoms with Gasteiger partial charge in [-0.15, -0.1) is 0 Å². The molecule has 0 amide bonds. The van der Waals surface area contributed by atoms with Crippen molar-refractivity contribution < 1.29 is 9.84 Å². The molecule has 1 aromatic rings. The van der Waals surface area contributed by atoms with Crippen LogP contribution in [-0.4, -0.2) is 30.4 Å². The number of rotatable bonds is 8. The predicted octanol–water partition coefficient (Wildman–Crippen LogP) is 3.41. The molecule has 114 valence electrons. The van der Waals surface area contributed by atoms with Crippen LogP contribution in [0.25, 0.3) is 0 Å². The Hall–Kier alpha value is -0.770. The second kappa shape index (κ2) is 8.50. The molecule has 0 fully saturated rings. The van der Waals surface area contributed by atoms with Crippen molar-refractivity contribution in [3.8, 4) is 5.75 Å². The van der Waals surface area contributed by atoms with Gasteiger partial charge in [-0.1, -0.05) is 25.4 Å². The van der Waals surface area contributed by atoms with Crippen LogP contribution in [0.15, 0.2) is 18.2 Å². The first kappa shape index (κ1) is 17.3. The molecular weight excluding hydrogens is 274 g/mol. The molecule has 4 heteroatoms. The van der Waals surface area contributed by atoms with Crippen molar-refractivity contribution in [2.24, 2.45) is 5.92 Å². The number of hydrogen-bond acceptors (Lipinski definition) is 3. The van der Waals surface area contributed by atoms with Gasteiger partial charge in [0.1, 0.15) is 18.5 Å². The van der Waals surface area contributed by atoms with E-state index >= 15 is 0 Å². The molecule has 1 aromatic carbocycles. The fourth-order valence-electron chi connectivity index (χ4n) is 2.09. The molecule has 0 aliphatic rings. The lowest BCUT2D eigenvalue weighted by Gasteiger charge is -2.19. The molecule has 0 aliphatic heterocycles. The molecule has 1 rings (SSSR count). The molecule has 0 saturated carbocycles. The highest BCUT2D eigenvalue weighted by Crippen LogP contribution is 2.21. The number of benzene rings is 1. The summed E-state index contributed by atoms with van der Waals surface area (Å²) in [6.45, 7) is 9.28. The van der Waals surface area contributed by atoms with Gasteiger partial charge in [-0.05, 0) is 49.9 Å². The molecule has 0 aromatic heterocycles. The molecule has 20 heavy (non-hydrogen) atoms. The smallest absolute Gasteiger partial charge is 0.119 e. The Morgan fingerprint density at radius 2 is 2.00 bits per heavy atom. The Bertz CT molecular complexity index is 409. The predicted molar refractivity (Wildman–Crippen MR) is 84.6 cm³/mol. The minimum atomic E-state index is -0.513. The fraction of sp³-hybridized carbons (Fsp3) is 0.625. The zero-order chi connectivity index (χ0) is 15.1. The van der Waals surface area contributed by atoms with Crippen molar-refractivity contribution >= 4 is 11.6 Å². The van der Waals surface area contributed by atoms with Crippen LogP contribution in [0.2, 0.25) is 5.02 Å². The maximum absolute atomic E-state index is 9.90. The monoisotopic (exact) mass is 299 g/mol. The number of halogens is 1. The minimum Gasteiger partial charge on any atom is -0.491 e. The van der Waals surface area contributed by atoms with Gasteiger partial charge in [0, 0.05) is 17.6 Å².